The number of hydrogen-bond donors (Lipinski definition) is 1. The van der Waals surface area contributed by atoms with Crippen LogP contribution in [-0.4, -0.2) is 29.6 Å². The van der Waals surface area contributed by atoms with Crippen molar-refractivity contribution in [2.45, 2.75) is 44.8 Å². The molecule has 4 aromatic rings. The van der Waals surface area contributed by atoms with Gasteiger partial charge in [0.15, 0.2) is 0 Å². The molecule has 3 heterocycles. The molecule has 5 rings (SSSR count). The Morgan fingerprint density at radius 3 is 2.64 bits per heavy atom. The summed E-state index contributed by atoms with van der Waals surface area (Å²) >= 11 is 0. The Balaban J connectivity index is 1.70. The van der Waals surface area contributed by atoms with E-state index in [1.54, 1.807) is 12.4 Å². The average Bonchev–Trinajstić information content (AvgIpc) is 3.36. The van der Waals surface area contributed by atoms with Gasteiger partial charge in [0.1, 0.15) is 12.2 Å². The fourth-order valence-corrected chi connectivity index (χ4v) is 4.86. The van der Waals surface area contributed by atoms with E-state index >= 15 is 0 Å². The lowest BCUT2D eigenvalue weighted by molar-refractivity contribution is -0.136. The van der Waals surface area contributed by atoms with Gasteiger partial charge in [-0.15, -0.1) is 10.2 Å². The van der Waals surface area contributed by atoms with Crippen LogP contribution in [0.1, 0.15) is 54.6 Å². The number of carbonyl (C=O) groups excluding carboxylic acids is 1. The Bertz CT molecular complexity index is 1500. The van der Waals surface area contributed by atoms with Gasteiger partial charge in [0, 0.05) is 38.8 Å². The molecule has 1 aromatic carbocycles. The van der Waals surface area contributed by atoms with E-state index < -0.39 is 17.4 Å². The second-order valence-electron chi connectivity index (χ2n) is 9.27. The first-order valence-corrected chi connectivity index (χ1v) is 11.7. The predicted molar refractivity (Wildman–Crippen MR) is 126 cm³/mol. The summed E-state index contributed by atoms with van der Waals surface area (Å²) in [6.07, 6.45) is 2.68. The number of nitrogens with zero attached hydrogens (tertiary/aromatic N) is 5. The molecule has 1 atom stereocenters. The third-order valence-corrected chi connectivity index (χ3v) is 6.83. The summed E-state index contributed by atoms with van der Waals surface area (Å²) in [5, 5.41) is 11.1. The van der Waals surface area contributed by atoms with E-state index in [-0.39, 0.29) is 23.9 Å². The lowest BCUT2D eigenvalue weighted by Gasteiger charge is -2.33. The molecule has 1 fully saturated rings. The van der Waals surface area contributed by atoms with Crippen LogP contribution >= 0.6 is 0 Å². The third-order valence-electron chi connectivity index (χ3n) is 6.83. The van der Waals surface area contributed by atoms with Crippen molar-refractivity contribution in [1.29, 1.82) is 0 Å². The van der Waals surface area contributed by atoms with E-state index in [1.807, 2.05) is 23.7 Å². The van der Waals surface area contributed by atoms with E-state index in [9.17, 15) is 22.8 Å². The van der Waals surface area contributed by atoms with Crippen LogP contribution in [0.15, 0.2) is 53.8 Å². The number of amides is 1. The molecule has 36 heavy (non-hydrogen) atoms. The molecule has 1 saturated carbocycles. The SMILES string of the molecule is CC(=O)NCc1cc([C@H](c2nncn2C)C2CCC2)cc(-n2cc3c(C(F)(F)F)cccn3c2=O)c1. The molecule has 1 amide bonds. The quantitative estimate of drug-likeness (QED) is 0.438. The maximum Gasteiger partial charge on any atom is 0.418 e. The van der Waals surface area contributed by atoms with E-state index in [4.69, 9.17) is 0 Å². The van der Waals surface area contributed by atoms with Gasteiger partial charge in [0.25, 0.3) is 0 Å². The normalized spacial score (nSPS) is 15.1. The molecule has 0 saturated heterocycles. The summed E-state index contributed by atoms with van der Waals surface area (Å²) in [6.45, 7) is 1.62. The van der Waals surface area contributed by atoms with Crippen molar-refractivity contribution in [3.8, 4) is 5.69 Å². The molecular weight excluding hydrogens is 473 g/mol. The largest absolute Gasteiger partial charge is 0.418 e. The number of aryl methyl sites for hydroxylation is 1. The summed E-state index contributed by atoms with van der Waals surface area (Å²) in [6, 6.07) is 7.66. The van der Waals surface area contributed by atoms with E-state index in [0.29, 0.717) is 11.6 Å². The summed E-state index contributed by atoms with van der Waals surface area (Å²) in [7, 11) is 1.87. The number of benzene rings is 1. The third kappa shape index (κ3) is 4.29. The molecular formula is C25H25F3N6O2. The second-order valence-corrected chi connectivity index (χ2v) is 9.27. The zero-order valence-corrected chi connectivity index (χ0v) is 19.8. The van der Waals surface area contributed by atoms with Crippen LogP contribution in [-0.2, 0) is 24.6 Å². The number of aromatic nitrogens is 5. The van der Waals surface area contributed by atoms with Gasteiger partial charge in [-0.1, -0.05) is 12.5 Å². The lowest BCUT2D eigenvalue weighted by atomic mass is 9.72. The Morgan fingerprint density at radius 1 is 1.25 bits per heavy atom. The molecule has 0 bridgehead atoms. The van der Waals surface area contributed by atoms with Crippen molar-refractivity contribution >= 4 is 11.4 Å². The number of alkyl halides is 3. The summed E-state index contributed by atoms with van der Waals surface area (Å²) in [5.74, 6) is 0.766. The number of nitrogens with one attached hydrogen (secondary N) is 1. The number of carbonyl (C=O) groups is 1. The van der Waals surface area contributed by atoms with Crippen LogP contribution in [0.4, 0.5) is 13.2 Å². The average molecular weight is 499 g/mol. The first-order chi connectivity index (χ1) is 17.1. The second kappa shape index (κ2) is 8.96. The molecule has 11 heteroatoms. The highest BCUT2D eigenvalue weighted by atomic mass is 19.4. The van der Waals surface area contributed by atoms with Gasteiger partial charge in [-0.2, -0.15) is 13.2 Å². The maximum absolute atomic E-state index is 13.6. The highest BCUT2D eigenvalue weighted by molar-refractivity contribution is 5.72. The van der Waals surface area contributed by atoms with Crippen molar-refractivity contribution in [3.05, 3.63) is 82.1 Å². The van der Waals surface area contributed by atoms with Crippen molar-refractivity contribution in [1.82, 2.24) is 29.0 Å². The van der Waals surface area contributed by atoms with Gasteiger partial charge in [-0.05, 0) is 54.2 Å². The van der Waals surface area contributed by atoms with Crippen LogP contribution < -0.4 is 11.0 Å². The molecule has 0 radical (unpaired) electrons. The van der Waals surface area contributed by atoms with Crippen LogP contribution in [0.5, 0.6) is 0 Å². The predicted octanol–water partition coefficient (Wildman–Crippen LogP) is 3.81. The topological polar surface area (TPSA) is 86.2 Å². The van der Waals surface area contributed by atoms with E-state index in [0.717, 1.165) is 46.7 Å². The first kappa shape index (κ1) is 23.8. The highest BCUT2D eigenvalue weighted by Gasteiger charge is 2.35. The molecule has 1 N–H and O–H groups in total. The fraction of sp³-hybridized carbons (Fsp3) is 0.360. The number of rotatable bonds is 6. The van der Waals surface area contributed by atoms with E-state index in [2.05, 4.69) is 15.5 Å². The number of hydrogen-bond acceptors (Lipinski definition) is 4. The minimum Gasteiger partial charge on any atom is -0.352 e. The zero-order chi connectivity index (χ0) is 25.6. The maximum atomic E-state index is 13.6. The molecule has 0 aliphatic heterocycles. The lowest BCUT2D eigenvalue weighted by Crippen LogP contribution is -2.25. The number of halogens is 3. The van der Waals surface area contributed by atoms with Gasteiger partial charge in [-0.25, -0.2) is 4.79 Å². The molecule has 1 aliphatic carbocycles. The van der Waals surface area contributed by atoms with Gasteiger partial charge in [-0.3, -0.25) is 13.8 Å². The van der Waals surface area contributed by atoms with Crippen LogP contribution in [0.3, 0.4) is 0 Å². The Morgan fingerprint density at radius 2 is 2.03 bits per heavy atom. The number of imidazole rings is 1. The van der Waals surface area contributed by atoms with Crippen molar-refractivity contribution in [2.24, 2.45) is 13.0 Å². The van der Waals surface area contributed by atoms with Crippen LogP contribution in [0, 0.1) is 5.92 Å². The van der Waals surface area contributed by atoms with Crippen LogP contribution in [0.25, 0.3) is 11.2 Å². The Labute approximate surface area is 204 Å². The van der Waals surface area contributed by atoms with Gasteiger partial charge in [0.2, 0.25) is 5.91 Å². The summed E-state index contributed by atoms with van der Waals surface area (Å²) < 4.78 is 44.9. The van der Waals surface area contributed by atoms with Crippen molar-refractivity contribution in [2.75, 3.05) is 0 Å². The molecule has 0 unspecified atom stereocenters. The molecule has 188 valence electrons. The fourth-order valence-electron chi connectivity index (χ4n) is 4.86. The smallest absolute Gasteiger partial charge is 0.352 e. The summed E-state index contributed by atoms with van der Waals surface area (Å²) in [4.78, 5) is 24.8. The molecule has 3 aromatic heterocycles. The molecule has 0 spiro atoms. The highest BCUT2D eigenvalue weighted by Crippen LogP contribution is 2.43. The van der Waals surface area contributed by atoms with Gasteiger partial charge >= 0.3 is 11.9 Å². The van der Waals surface area contributed by atoms with E-state index in [1.165, 1.54) is 30.0 Å². The molecule has 1 aliphatic rings. The van der Waals surface area contributed by atoms with Crippen molar-refractivity contribution in [3.63, 3.8) is 0 Å². The first-order valence-electron chi connectivity index (χ1n) is 11.7. The minimum absolute atomic E-state index is 0.110. The Kier molecular flexibility index (Phi) is 5.93. The minimum atomic E-state index is -4.61. The van der Waals surface area contributed by atoms with Crippen LogP contribution in [0.2, 0.25) is 0 Å². The Hall–Kier alpha value is -3.89. The molecule has 8 nitrogen and oxygen atoms in total. The monoisotopic (exact) mass is 498 g/mol. The standard InChI is InChI=1S/C25H25F3N6O2/c1-15(35)29-12-16-9-18(22(17-5-3-6-17)23-31-30-14-32(23)2)11-19(10-16)34-13-21-20(25(26,27)28)7-4-8-33(21)24(34)36/h4,7-11,13-14,17,22H,3,5-6,12H2,1-2H3,(H,29,35)/t22-/m1/s1. The van der Waals surface area contributed by atoms with Gasteiger partial charge < -0.3 is 9.88 Å². The van der Waals surface area contributed by atoms with Gasteiger partial charge in [0.05, 0.1) is 16.8 Å². The zero-order valence-electron chi connectivity index (χ0n) is 19.8. The number of pyridine rings is 1. The number of fused-ring (bicyclic) bond motifs is 1. The summed E-state index contributed by atoms with van der Waals surface area (Å²) in [5.41, 5.74) is 0.280. The van der Waals surface area contributed by atoms with Crippen molar-refractivity contribution < 1.29 is 18.0 Å².